The van der Waals surface area contributed by atoms with Gasteiger partial charge in [0.25, 0.3) is 0 Å². The van der Waals surface area contributed by atoms with Gasteiger partial charge in [-0.25, -0.2) is 22.4 Å². The number of carbonyl (C=O) groups is 1. The first kappa shape index (κ1) is 16.3. The Labute approximate surface area is 119 Å². The Bertz CT molecular complexity index is 778. The lowest BCUT2D eigenvalue weighted by molar-refractivity contribution is 0.183. The molecule has 10 heteroatoms. The molecule has 0 aliphatic carbocycles. The fourth-order valence-corrected chi connectivity index (χ4v) is 2.29. The number of methoxy groups -OCH3 is 1. The van der Waals surface area contributed by atoms with Crippen LogP contribution in [0, 0.1) is 17.1 Å². The number of hydrogen-bond donors (Lipinski definition) is 0. The standard InChI is InChI=1S/C11H8FN3O5S/c1-20-11(17)15(21(2,18)19)10-4-9(14-6-16)8(12)3-7(10)5-13/h3-4H,1-2H3. The van der Waals surface area contributed by atoms with E-state index >= 15 is 0 Å². The van der Waals surface area contributed by atoms with E-state index in [1.807, 2.05) is 0 Å². The number of halogens is 1. The van der Waals surface area contributed by atoms with Crippen molar-refractivity contribution in [2.24, 2.45) is 4.99 Å². The maximum atomic E-state index is 13.5. The molecule has 1 rings (SSSR count). The van der Waals surface area contributed by atoms with Crippen molar-refractivity contribution in [2.75, 3.05) is 17.7 Å². The van der Waals surface area contributed by atoms with Gasteiger partial charge in [0, 0.05) is 0 Å². The highest BCUT2D eigenvalue weighted by Gasteiger charge is 2.29. The van der Waals surface area contributed by atoms with Crippen LogP contribution in [0.4, 0.5) is 20.6 Å². The maximum Gasteiger partial charge on any atom is 0.428 e. The van der Waals surface area contributed by atoms with Crippen LogP contribution in [0.25, 0.3) is 0 Å². The highest BCUT2D eigenvalue weighted by molar-refractivity contribution is 7.92. The molecule has 0 unspecified atom stereocenters. The smallest absolute Gasteiger partial charge is 0.428 e. The van der Waals surface area contributed by atoms with Crippen LogP contribution >= 0.6 is 0 Å². The SMILES string of the molecule is COC(=O)N(c1cc(N=C=O)c(F)cc1C#N)S(C)(=O)=O. The second-order valence-corrected chi connectivity index (χ2v) is 5.46. The van der Waals surface area contributed by atoms with Gasteiger partial charge < -0.3 is 4.74 Å². The van der Waals surface area contributed by atoms with Gasteiger partial charge in [0.15, 0.2) is 5.82 Å². The molecule has 0 aromatic heterocycles. The number of amides is 1. The van der Waals surface area contributed by atoms with Gasteiger partial charge in [-0.3, -0.25) is 0 Å². The first-order valence-corrected chi connectivity index (χ1v) is 7.00. The molecule has 0 bridgehead atoms. The topological polar surface area (TPSA) is 117 Å². The van der Waals surface area contributed by atoms with E-state index in [-0.39, 0.29) is 4.31 Å². The van der Waals surface area contributed by atoms with E-state index in [4.69, 9.17) is 5.26 Å². The van der Waals surface area contributed by atoms with Crippen molar-refractivity contribution in [1.82, 2.24) is 0 Å². The summed E-state index contributed by atoms with van der Waals surface area (Å²) in [6.07, 6.45) is 0.466. The summed E-state index contributed by atoms with van der Waals surface area (Å²) in [5, 5.41) is 8.93. The lowest BCUT2D eigenvalue weighted by atomic mass is 10.1. The van der Waals surface area contributed by atoms with Gasteiger partial charge in [-0.2, -0.15) is 14.6 Å². The van der Waals surface area contributed by atoms with Crippen LogP contribution in [-0.2, 0) is 19.6 Å². The molecule has 21 heavy (non-hydrogen) atoms. The van der Waals surface area contributed by atoms with Crippen molar-refractivity contribution in [1.29, 1.82) is 5.26 Å². The molecular formula is C11H8FN3O5S. The molecule has 1 amide bonds. The number of nitrogens with zero attached hydrogens (tertiary/aromatic N) is 3. The fraction of sp³-hybridized carbons (Fsp3) is 0.182. The molecule has 1 aromatic carbocycles. The van der Waals surface area contributed by atoms with Crippen LogP contribution in [0.15, 0.2) is 17.1 Å². The summed E-state index contributed by atoms with van der Waals surface area (Å²) in [4.78, 5) is 24.8. The molecule has 0 atom stereocenters. The highest BCUT2D eigenvalue weighted by atomic mass is 32.2. The molecule has 0 aliphatic heterocycles. The van der Waals surface area contributed by atoms with Crippen LogP contribution in [0.1, 0.15) is 5.56 Å². The van der Waals surface area contributed by atoms with Gasteiger partial charge in [0.05, 0.1) is 24.6 Å². The molecule has 0 spiro atoms. The quantitative estimate of drug-likeness (QED) is 0.611. The zero-order valence-electron chi connectivity index (χ0n) is 10.8. The molecule has 0 N–H and O–H groups in total. The van der Waals surface area contributed by atoms with E-state index < -0.39 is 38.9 Å². The average molecular weight is 313 g/mol. The van der Waals surface area contributed by atoms with Crippen LogP contribution < -0.4 is 4.31 Å². The van der Waals surface area contributed by atoms with Crippen molar-refractivity contribution in [3.8, 4) is 6.07 Å². The fourth-order valence-electron chi connectivity index (χ4n) is 1.44. The molecule has 0 aliphatic rings. The molecule has 8 nitrogen and oxygen atoms in total. The Morgan fingerprint density at radius 2 is 2.10 bits per heavy atom. The maximum absolute atomic E-state index is 13.5. The van der Waals surface area contributed by atoms with Gasteiger partial charge in [-0.05, 0) is 12.1 Å². The zero-order valence-corrected chi connectivity index (χ0v) is 11.6. The molecule has 0 heterocycles. The first-order chi connectivity index (χ1) is 9.76. The number of anilines is 1. The van der Waals surface area contributed by atoms with Crippen molar-refractivity contribution < 1.29 is 27.1 Å². The van der Waals surface area contributed by atoms with Crippen molar-refractivity contribution in [3.05, 3.63) is 23.5 Å². The van der Waals surface area contributed by atoms with Gasteiger partial charge in [0.1, 0.15) is 11.8 Å². The van der Waals surface area contributed by atoms with Gasteiger partial charge in [0.2, 0.25) is 16.1 Å². The molecule has 110 valence electrons. The van der Waals surface area contributed by atoms with Crippen LogP contribution in [0.2, 0.25) is 0 Å². The third-order valence-corrected chi connectivity index (χ3v) is 3.25. The summed E-state index contributed by atoms with van der Waals surface area (Å²) in [5.74, 6) is -1.04. The molecule has 0 saturated heterocycles. The molecule has 0 fully saturated rings. The molecule has 1 aromatic rings. The van der Waals surface area contributed by atoms with Crippen LogP contribution in [0.5, 0.6) is 0 Å². The van der Waals surface area contributed by atoms with E-state index in [0.717, 1.165) is 19.3 Å². The molecule has 0 saturated carbocycles. The van der Waals surface area contributed by atoms with Gasteiger partial charge in [-0.1, -0.05) is 0 Å². The van der Waals surface area contributed by atoms with Gasteiger partial charge in [-0.15, -0.1) is 0 Å². The van der Waals surface area contributed by atoms with E-state index in [9.17, 15) is 22.4 Å². The zero-order chi connectivity index (χ0) is 16.2. The summed E-state index contributed by atoms with van der Waals surface area (Å²) < 4.78 is 41.4. The average Bonchev–Trinajstić information content (AvgIpc) is 2.40. The summed E-state index contributed by atoms with van der Waals surface area (Å²) in [6, 6.07) is 2.95. The lowest BCUT2D eigenvalue weighted by Gasteiger charge is -2.20. The minimum atomic E-state index is -4.16. The number of hydrogen-bond acceptors (Lipinski definition) is 7. The Morgan fingerprint density at radius 1 is 1.48 bits per heavy atom. The van der Waals surface area contributed by atoms with E-state index in [2.05, 4.69) is 9.73 Å². The Kier molecular flexibility index (Phi) is 4.75. The largest absolute Gasteiger partial charge is 0.452 e. The summed E-state index contributed by atoms with van der Waals surface area (Å²) >= 11 is 0. The molecule has 0 radical (unpaired) electrons. The van der Waals surface area contributed by atoms with Crippen molar-refractivity contribution in [3.63, 3.8) is 0 Å². The number of isocyanates is 1. The molecular weight excluding hydrogens is 305 g/mol. The number of sulfonamides is 1. The summed E-state index contributed by atoms with van der Waals surface area (Å²) in [7, 11) is -3.23. The Hall–Kier alpha value is -2.76. The number of carbonyl (C=O) groups excluding carboxylic acids is 2. The van der Waals surface area contributed by atoms with Crippen LogP contribution in [-0.4, -0.2) is 34.0 Å². The van der Waals surface area contributed by atoms with Gasteiger partial charge >= 0.3 is 6.09 Å². The van der Waals surface area contributed by atoms with E-state index in [1.54, 1.807) is 6.07 Å². The second kappa shape index (κ2) is 6.13. The number of rotatable bonds is 3. The Balaban J connectivity index is 3.73. The summed E-state index contributed by atoms with van der Waals surface area (Å²) in [6.45, 7) is 0. The number of ether oxygens (including phenoxy) is 1. The minimum Gasteiger partial charge on any atom is -0.452 e. The number of aliphatic imine (C=N–C) groups is 1. The second-order valence-electron chi connectivity index (χ2n) is 3.63. The highest BCUT2D eigenvalue weighted by Crippen LogP contribution is 2.30. The lowest BCUT2D eigenvalue weighted by Crippen LogP contribution is -2.36. The van der Waals surface area contributed by atoms with E-state index in [1.165, 1.54) is 0 Å². The first-order valence-electron chi connectivity index (χ1n) is 5.16. The monoisotopic (exact) mass is 313 g/mol. The number of benzene rings is 1. The number of nitriles is 1. The predicted octanol–water partition coefficient (Wildman–Crippen LogP) is 1.20. The Morgan fingerprint density at radius 3 is 2.52 bits per heavy atom. The summed E-state index contributed by atoms with van der Waals surface area (Å²) in [5.41, 5.74) is -1.51. The third-order valence-electron chi connectivity index (χ3n) is 2.24. The normalized spacial score (nSPS) is 10.2. The van der Waals surface area contributed by atoms with Crippen molar-refractivity contribution >= 4 is 33.6 Å². The van der Waals surface area contributed by atoms with Crippen molar-refractivity contribution in [2.45, 2.75) is 0 Å². The minimum absolute atomic E-state index is 0.162. The van der Waals surface area contributed by atoms with E-state index in [0.29, 0.717) is 12.3 Å². The predicted molar refractivity (Wildman–Crippen MR) is 68.6 cm³/mol. The van der Waals surface area contributed by atoms with Crippen LogP contribution in [0.3, 0.4) is 0 Å². The third kappa shape index (κ3) is 3.42.